The van der Waals surface area contributed by atoms with Gasteiger partial charge in [-0.1, -0.05) is 6.07 Å². The van der Waals surface area contributed by atoms with Crippen molar-refractivity contribution in [2.24, 2.45) is 0 Å². The second kappa shape index (κ2) is 7.08. The molecule has 0 aliphatic carbocycles. The molecule has 2 aromatic heterocycles. The second-order valence-electron chi connectivity index (χ2n) is 5.84. The Hall–Kier alpha value is -1.95. The Morgan fingerprint density at radius 3 is 2.48 bits per heavy atom. The molecule has 2 heterocycles. The molecule has 0 N–H and O–H groups in total. The maximum Gasteiger partial charge on any atom is 0.433 e. The Kier molecular flexibility index (Phi) is 5.36. The summed E-state index contributed by atoms with van der Waals surface area (Å²) in [5.74, 6) is 0. The van der Waals surface area contributed by atoms with Crippen LogP contribution in [0.3, 0.4) is 0 Å². The van der Waals surface area contributed by atoms with Gasteiger partial charge in [0.1, 0.15) is 5.69 Å². The molecular weight excluding hydrogens is 303 g/mol. The number of hydrogen-bond acceptors (Lipinski definition) is 3. The molecule has 0 fully saturated rings. The number of alkyl halides is 3. The molecule has 3 nitrogen and oxygen atoms in total. The molecule has 0 saturated carbocycles. The molecule has 0 unspecified atom stereocenters. The molecule has 0 amide bonds. The molecule has 6 heteroatoms. The number of hydrogen-bond donors (Lipinski definition) is 0. The van der Waals surface area contributed by atoms with Gasteiger partial charge < -0.3 is 0 Å². The van der Waals surface area contributed by atoms with E-state index in [1.54, 1.807) is 6.20 Å². The highest BCUT2D eigenvalue weighted by molar-refractivity contribution is 5.17. The largest absolute Gasteiger partial charge is 0.433 e. The monoisotopic (exact) mass is 323 g/mol. The predicted molar refractivity (Wildman–Crippen MR) is 82.8 cm³/mol. The summed E-state index contributed by atoms with van der Waals surface area (Å²) in [6, 6.07) is 6.71. The number of likely N-dealkylation sites (N-methyl/N-ethyl adjacent to an activating group) is 1. The summed E-state index contributed by atoms with van der Waals surface area (Å²) in [7, 11) is 1.94. The summed E-state index contributed by atoms with van der Waals surface area (Å²) in [6.07, 6.45) is -0.533. The van der Waals surface area contributed by atoms with Crippen LogP contribution in [0.25, 0.3) is 0 Å². The lowest BCUT2D eigenvalue weighted by molar-refractivity contribution is -0.141. The van der Waals surface area contributed by atoms with Crippen molar-refractivity contribution in [2.75, 3.05) is 7.05 Å². The maximum absolute atomic E-state index is 12.5. The minimum Gasteiger partial charge on any atom is -0.299 e. The minimum atomic E-state index is -4.39. The Morgan fingerprint density at radius 1 is 1.17 bits per heavy atom. The molecule has 23 heavy (non-hydrogen) atoms. The fraction of sp³-hybridized carbons (Fsp3) is 0.412. The maximum atomic E-state index is 12.5. The molecule has 0 saturated heterocycles. The van der Waals surface area contributed by atoms with Crippen molar-refractivity contribution < 1.29 is 13.2 Å². The van der Waals surface area contributed by atoms with Crippen LogP contribution in [-0.2, 0) is 19.1 Å². The highest BCUT2D eigenvalue weighted by Crippen LogP contribution is 2.27. The molecule has 0 radical (unpaired) electrons. The Labute approximate surface area is 134 Å². The number of pyridine rings is 2. The van der Waals surface area contributed by atoms with Crippen LogP contribution in [0.1, 0.15) is 29.4 Å². The fourth-order valence-electron chi connectivity index (χ4n) is 2.30. The normalized spacial score (nSPS) is 13.3. The standard InChI is InChI=1S/C17H20F3N3/c1-12-6-7-21-15(8-12)9-13(2)23(3)11-14-4-5-16(22-10-14)17(18,19)20/h4-8,10,13H,9,11H2,1-3H3/t13-/m1/s1. The number of halogens is 3. The van der Waals surface area contributed by atoms with Gasteiger partial charge >= 0.3 is 6.18 Å². The van der Waals surface area contributed by atoms with Crippen LogP contribution in [0.5, 0.6) is 0 Å². The lowest BCUT2D eigenvalue weighted by atomic mass is 10.1. The van der Waals surface area contributed by atoms with Crippen molar-refractivity contribution in [3.63, 3.8) is 0 Å². The van der Waals surface area contributed by atoms with Crippen molar-refractivity contribution in [2.45, 2.75) is 39.0 Å². The van der Waals surface area contributed by atoms with Gasteiger partial charge in [0.25, 0.3) is 0 Å². The predicted octanol–water partition coefficient (Wildman–Crippen LogP) is 3.87. The third-order valence-corrected chi connectivity index (χ3v) is 3.78. The van der Waals surface area contributed by atoms with E-state index >= 15 is 0 Å². The average molecular weight is 323 g/mol. The summed E-state index contributed by atoms with van der Waals surface area (Å²) in [4.78, 5) is 9.92. The van der Waals surface area contributed by atoms with Crippen molar-refractivity contribution in [3.8, 4) is 0 Å². The van der Waals surface area contributed by atoms with E-state index in [0.717, 1.165) is 29.3 Å². The van der Waals surface area contributed by atoms with Crippen LogP contribution in [0.4, 0.5) is 13.2 Å². The van der Waals surface area contributed by atoms with E-state index in [0.29, 0.717) is 6.54 Å². The van der Waals surface area contributed by atoms with E-state index < -0.39 is 11.9 Å². The van der Waals surface area contributed by atoms with E-state index in [2.05, 4.69) is 21.8 Å². The SMILES string of the molecule is Cc1ccnc(C[C@@H](C)N(C)Cc2ccc(C(F)(F)F)nc2)c1. The summed E-state index contributed by atoms with van der Waals surface area (Å²) < 4.78 is 37.5. The van der Waals surface area contributed by atoms with Crippen LogP contribution < -0.4 is 0 Å². The van der Waals surface area contributed by atoms with Crippen LogP contribution in [0.2, 0.25) is 0 Å². The van der Waals surface area contributed by atoms with Gasteiger partial charge in [0.2, 0.25) is 0 Å². The molecule has 0 aliphatic heterocycles. The second-order valence-corrected chi connectivity index (χ2v) is 5.84. The van der Waals surface area contributed by atoms with Gasteiger partial charge in [-0.05, 0) is 50.2 Å². The first-order valence-electron chi connectivity index (χ1n) is 7.39. The highest BCUT2D eigenvalue weighted by atomic mass is 19.4. The van der Waals surface area contributed by atoms with E-state index in [-0.39, 0.29) is 6.04 Å². The molecule has 0 spiro atoms. The van der Waals surface area contributed by atoms with Gasteiger partial charge in [0.05, 0.1) is 0 Å². The summed E-state index contributed by atoms with van der Waals surface area (Å²) in [5.41, 5.74) is 2.07. The van der Waals surface area contributed by atoms with E-state index in [1.807, 2.05) is 26.1 Å². The Morgan fingerprint density at radius 2 is 1.91 bits per heavy atom. The van der Waals surface area contributed by atoms with Crippen LogP contribution in [0.15, 0.2) is 36.7 Å². The van der Waals surface area contributed by atoms with Gasteiger partial charge in [0, 0.05) is 37.1 Å². The first kappa shape index (κ1) is 17.4. The van der Waals surface area contributed by atoms with Crippen molar-refractivity contribution in [1.29, 1.82) is 0 Å². The van der Waals surface area contributed by atoms with Gasteiger partial charge in [0.15, 0.2) is 0 Å². The topological polar surface area (TPSA) is 29.0 Å². The summed E-state index contributed by atoms with van der Waals surface area (Å²) in [6.45, 7) is 4.63. The molecule has 1 atom stereocenters. The summed E-state index contributed by atoms with van der Waals surface area (Å²) in [5, 5.41) is 0. The van der Waals surface area contributed by atoms with Gasteiger partial charge in [-0.25, -0.2) is 0 Å². The van der Waals surface area contributed by atoms with Crippen molar-refractivity contribution in [3.05, 3.63) is 59.2 Å². The fourth-order valence-corrected chi connectivity index (χ4v) is 2.30. The van der Waals surface area contributed by atoms with Crippen LogP contribution in [-0.4, -0.2) is 28.0 Å². The average Bonchev–Trinajstić information content (AvgIpc) is 2.46. The molecule has 0 aliphatic rings. The highest BCUT2D eigenvalue weighted by Gasteiger charge is 2.32. The van der Waals surface area contributed by atoms with E-state index in [1.165, 1.54) is 12.3 Å². The van der Waals surface area contributed by atoms with Crippen LogP contribution >= 0.6 is 0 Å². The third kappa shape index (κ3) is 5.03. The van der Waals surface area contributed by atoms with Gasteiger partial charge in [-0.2, -0.15) is 13.2 Å². The molecule has 0 aromatic carbocycles. The zero-order valence-corrected chi connectivity index (χ0v) is 13.4. The van der Waals surface area contributed by atoms with Crippen molar-refractivity contribution >= 4 is 0 Å². The molecule has 0 bridgehead atoms. The number of aryl methyl sites for hydroxylation is 1. The Balaban J connectivity index is 1.96. The van der Waals surface area contributed by atoms with Crippen LogP contribution in [0, 0.1) is 6.92 Å². The van der Waals surface area contributed by atoms with Gasteiger partial charge in [-0.15, -0.1) is 0 Å². The number of aromatic nitrogens is 2. The molecule has 124 valence electrons. The zero-order chi connectivity index (χ0) is 17.0. The lowest BCUT2D eigenvalue weighted by Gasteiger charge is -2.24. The zero-order valence-electron chi connectivity index (χ0n) is 13.4. The molecular formula is C17H20F3N3. The lowest BCUT2D eigenvalue weighted by Crippen LogP contribution is -2.30. The number of rotatable bonds is 5. The first-order chi connectivity index (χ1) is 10.8. The molecule has 2 rings (SSSR count). The number of nitrogens with zero attached hydrogens (tertiary/aromatic N) is 3. The Bertz CT molecular complexity index is 638. The minimum absolute atomic E-state index is 0.214. The smallest absolute Gasteiger partial charge is 0.299 e. The van der Waals surface area contributed by atoms with Gasteiger partial charge in [-0.3, -0.25) is 14.9 Å². The summed E-state index contributed by atoms with van der Waals surface area (Å²) >= 11 is 0. The first-order valence-corrected chi connectivity index (χ1v) is 7.39. The molecule has 2 aromatic rings. The third-order valence-electron chi connectivity index (χ3n) is 3.78. The quantitative estimate of drug-likeness (QED) is 0.836. The van der Waals surface area contributed by atoms with E-state index in [4.69, 9.17) is 0 Å². The van der Waals surface area contributed by atoms with E-state index in [9.17, 15) is 13.2 Å². The van der Waals surface area contributed by atoms with Crippen molar-refractivity contribution in [1.82, 2.24) is 14.9 Å².